The number of fused-ring (bicyclic) bond motifs is 2. The smallest absolute Gasteiger partial charge is 0.251 e. The average Bonchev–Trinajstić information content (AvgIpc) is 3.08. The summed E-state index contributed by atoms with van der Waals surface area (Å²) in [5.41, 5.74) is 0.573. The second-order valence-electron chi connectivity index (χ2n) is 5.57. The molecule has 0 aromatic heterocycles. The van der Waals surface area contributed by atoms with Crippen LogP contribution in [0.25, 0.3) is 0 Å². The first-order valence-electron chi connectivity index (χ1n) is 6.96. The molecule has 1 aliphatic carbocycles. The van der Waals surface area contributed by atoms with Crippen LogP contribution in [0.4, 0.5) is 0 Å². The lowest BCUT2D eigenvalue weighted by atomic mass is 10.1. The Morgan fingerprint density at radius 1 is 1.25 bits per heavy atom. The van der Waals surface area contributed by atoms with Gasteiger partial charge in [0, 0.05) is 22.6 Å². The van der Waals surface area contributed by atoms with Gasteiger partial charge in [-0.3, -0.25) is 9.59 Å². The van der Waals surface area contributed by atoms with Crippen molar-refractivity contribution in [1.29, 1.82) is 0 Å². The molecule has 4 nitrogen and oxygen atoms in total. The molecule has 1 aromatic rings. The van der Waals surface area contributed by atoms with E-state index in [1.54, 1.807) is 12.1 Å². The molecule has 0 spiro atoms. The molecule has 1 saturated heterocycles. The second-order valence-corrected chi connectivity index (χ2v) is 6.48. The van der Waals surface area contributed by atoms with Crippen molar-refractivity contribution in [2.75, 3.05) is 13.1 Å². The molecular weight excluding hydrogens is 320 g/mol. The Labute approximate surface area is 126 Å². The summed E-state index contributed by atoms with van der Waals surface area (Å²) in [6.45, 7) is 0.968. The summed E-state index contributed by atoms with van der Waals surface area (Å²) < 4.78 is 0.929. The molecular formula is C15H17BrN2O2. The van der Waals surface area contributed by atoms with Crippen LogP contribution >= 0.6 is 15.9 Å². The number of piperidine rings is 1. The van der Waals surface area contributed by atoms with Gasteiger partial charge >= 0.3 is 0 Å². The Morgan fingerprint density at radius 2 is 2.00 bits per heavy atom. The number of halogens is 1. The normalized spacial score (nSPS) is 23.9. The van der Waals surface area contributed by atoms with Gasteiger partial charge in [-0.1, -0.05) is 15.9 Å². The largest absolute Gasteiger partial charge is 0.343 e. The molecule has 3 rings (SSSR count). The third kappa shape index (κ3) is 2.73. The standard InChI is InChI=1S/C15H17BrN2O2/c16-12-4-2-11(3-5-12)15(20)17-8-14(19)18-9-10-1-6-13(18)7-10/h2-5,10,13H,1,6-9H2,(H,17,20). The minimum atomic E-state index is -0.199. The number of hydrogen-bond donors (Lipinski definition) is 1. The van der Waals surface area contributed by atoms with Gasteiger partial charge in [-0.25, -0.2) is 0 Å². The number of hydrogen-bond acceptors (Lipinski definition) is 2. The van der Waals surface area contributed by atoms with Gasteiger partial charge in [0.2, 0.25) is 5.91 Å². The Kier molecular flexibility index (Phi) is 3.78. The third-order valence-corrected chi connectivity index (χ3v) is 4.76. The van der Waals surface area contributed by atoms with E-state index in [0.29, 0.717) is 17.5 Å². The van der Waals surface area contributed by atoms with Crippen molar-refractivity contribution >= 4 is 27.7 Å². The minimum Gasteiger partial charge on any atom is -0.343 e. The predicted molar refractivity (Wildman–Crippen MR) is 79.3 cm³/mol. The fourth-order valence-electron chi connectivity index (χ4n) is 3.19. The van der Waals surface area contributed by atoms with E-state index in [0.717, 1.165) is 23.9 Å². The average molecular weight is 337 g/mol. The number of amides is 2. The van der Waals surface area contributed by atoms with E-state index in [1.807, 2.05) is 17.0 Å². The van der Waals surface area contributed by atoms with Crippen LogP contribution in [-0.2, 0) is 4.79 Å². The van der Waals surface area contributed by atoms with Gasteiger partial charge in [0.1, 0.15) is 0 Å². The summed E-state index contributed by atoms with van der Waals surface area (Å²) in [7, 11) is 0. The van der Waals surface area contributed by atoms with Crippen molar-refractivity contribution in [2.45, 2.75) is 25.3 Å². The fraction of sp³-hybridized carbons (Fsp3) is 0.467. The minimum absolute atomic E-state index is 0.0441. The summed E-state index contributed by atoms with van der Waals surface area (Å²) in [5.74, 6) is 0.531. The van der Waals surface area contributed by atoms with Crippen LogP contribution in [0.1, 0.15) is 29.6 Å². The maximum atomic E-state index is 12.1. The van der Waals surface area contributed by atoms with Crippen LogP contribution in [0.15, 0.2) is 28.7 Å². The van der Waals surface area contributed by atoms with Crippen molar-refractivity contribution in [3.63, 3.8) is 0 Å². The van der Waals surface area contributed by atoms with Gasteiger partial charge in [-0.05, 0) is 49.4 Å². The van der Waals surface area contributed by atoms with E-state index in [1.165, 1.54) is 6.42 Å². The highest BCUT2D eigenvalue weighted by molar-refractivity contribution is 9.10. The van der Waals surface area contributed by atoms with E-state index in [4.69, 9.17) is 0 Å². The zero-order valence-electron chi connectivity index (χ0n) is 11.1. The van der Waals surface area contributed by atoms with Crippen LogP contribution < -0.4 is 5.32 Å². The summed E-state index contributed by atoms with van der Waals surface area (Å²) in [4.78, 5) is 26.0. The Balaban J connectivity index is 1.53. The number of carbonyl (C=O) groups is 2. The van der Waals surface area contributed by atoms with Crippen molar-refractivity contribution in [3.8, 4) is 0 Å². The Hall–Kier alpha value is -1.36. The molecule has 2 fully saturated rings. The summed E-state index contributed by atoms with van der Waals surface area (Å²) >= 11 is 3.33. The zero-order valence-corrected chi connectivity index (χ0v) is 12.7. The van der Waals surface area contributed by atoms with Crippen molar-refractivity contribution in [3.05, 3.63) is 34.3 Å². The highest BCUT2D eigenvalue weighted by atomic mass is 79.9. The molecule has 2 unspecified atom stereocenters. The van der Waals surface area contributed by atoms with Crippen LogP contribution in [0, 0.1) is 5.92 Å². The molecule has 1 heterocycles. The van der Waals surface area contributed by atoms with Crippen LogP contribution in [0.5, 0.6) is 0 Å². The molecule has 5 heteroatoms. The number of benzene rings is 1. The van der Waals surface area contributed by atoms with Gasteiger partial charge < -0.3 is 10.2 Å². The molecule has 2 atom stereocenters. The number of likely N-dealkylation sites (tertiary alicyclic amines) is 1. The molecule has 1 N–H and O–H groups in total. The maximum absolute atomic E-state index is 12.1. The number of carbonyl (C=O) groups excluding carboxylic acids is 2. The summed E-state index contributed by atoms with van der Waals surface area (Å²) in [6.07, 6.45) is 3.52. The van der Waals surface area contributed by atoms with Crippen molar-refractivity contribution < 1.29 is 9.59 Å². The van der Waals surface area contributed by atoms with E-state index in [9.17, 15) is 9.59 Å². The van der Waals surface area contributed by atoms with Crippen LogP contribution in [0.3, 0.4) is 0 Å². The van der Waals surface area contributed by atoms with Crippen molar-refractivity contribution in [1.82, 2.24) is 10.2 Å². The number of rotatable bonds is 3. The fourth-order valence-corrected chi connectivity index (χ4v) is 3.46. The SMILES string of the molecule is O=C(NCC(=O)N1CC2CCC1C2)c1ccc(Br)cc1. The van der Waals surface area contributed by atoms with E-state index in [2.05, 4.69) is 21.2 Å². The molecule has 2 bridgehead atoms. The third-order valence-electron chi connectivity index (χ3n) is 4.24. The lowest BCUT2D eigenvalue weighted by Crippen LogP contribution is -2.43. The number of nitrogens with one attached hydrogen (secondary N) is 1. The topological polar surface area (TPSA) is 49.4 Å². The first-order chi connectivity index (χ1) is 9.63. The zero-order chi connectivity index (χ0) is 14.1. The lowest BCUT2D eigenvalue weighted by molar-refractivity contribution is -0.131. The van der Waals surface area contributed by atoms with Gasteiger partial charge in [-0.2, -0.15) is 0 Å². The van der Waals surface area contributed by atoms with Gasteiger partial charge in [0.25, 0.3) is 5.91 Å². The summed E-state index contributed by atoms with van der Waals surface area (Å²) in [6, 6.07) is 7.52. The maximum Gasteiger partial charge on any atom is 0.251 e. The molecule has 1 aromatic carbocycles. The highest BCUT2D eigenvalue weighted by Gasteiger charge is 2.39. The molecule has 2 amide bonds. The van der Waals surface area contributed by atoms with Gasteiger partial charge in [0.05, 0.1) is 6.54 Å². The molecule has 106 valence electrons. The summed E-state index contributed by atoms with van der Waals surface area (Å²) in [5, 5.41) is 2.71. The van der Waals surface area contributed by atoms with Crippen LogP contribution in [0.2, 0.25) is 0 Å². The predicted octanol–water partition coefficient (Wildman–Crippen LogP) is 2.19. The molecule has 0 radical (unpaired) electrons. The first kappa shape index (κ1) is 13.6. The van der Waals surface area contributed by atoms with Gasteiger partial charge in [0.15, 0.2) is 0 Å². The Morgan fingerprint density at radius 3 is 2.60 bits per heavy atom. The first-order valence-corrected chi connectivity index (χ1v) is 7.76. The van der Waals surface area contributed by atoms with Gasteiger partial charge in [-0.15, -0.1) is 0 Å². The highest BCUT2D eigenvalue weighted by Crippen LogP contribution is 2.37. The van der Waals surface area contributed by atoms with E-state index in [-0.39, 0.29) is 18.4 Å². The lowest BCUT2D eigenvalue weighted by Gasteiger charge is -2.27. The van der Waals surface area contributed by atoms with Crippen molar-refractivity contribution in [2.24, 2.45) is 5.92 Å². The quantitative estimate of drug-likeness (QED) is 0.919. The Bertz CT molecular complexity index is 529. The van der Waals surface area contributed by atoms with E-state index < -0.39 is 0 Å². The molecule has 20 heavy (non-hydrogen) atoms. The molecule has 2 aliphatic rings. The van der Waals surface area contributed by atoms with Crippen LogP contribution in [-0.4, -0.2) is 35.8 Å². The molecule has 1 saturated carbocycles. The monoisotopic (exact) mass is 336 g/mol. The second kappa shape index (κ2) is 5.56. The van der Waals surface area contributed by atoms with E-state index >= 15 is 0 Å². The number of nitrogens with zero attached hydrogens (tertiary/aromatic N) is 1. The molecule has 1 aliphatic heterocycles.